The summed E-state index contributed by atoms with van der Waals surface area (Å²) in [7, 11) is 0. The van der Waals surface area contributed by atoms with Crippen molar-refractivity contribution in [2.24, 2.45) is 0 Å². The Hall–Kier alpha value is -3.29. The molecule has 1 aliphatic rings. The van der Waals surface area contributed by atoms with E-state index in [0.29, 0.717) is 23.6 Å². The molecule has 1 N–H and O–H groups in total. The molecular weight excluding hydrogens is 320 g/mol. The average Bonchev–Trinajstić information content (AvgIpc) is 3.33. The van der Waals surface area contributed by atoms with Gasteiger partial charge in [0.2, 0.25) is 0 Å². The summed E-state index contributed by atoms with van der Waals surface area (Å²) >= 11 is 0. The van der Waals surface area contributed by atoms with Crippen molar-refractivity contribution in [1.82, 2.24) is 29.6 Å². The molecule has 25 heavy (non-hydrogen) atoms. The summed E-state index contributed by atoms with van der Waals surface area (Å²) in [4.78, 5) is 36.8. The highest BCUT2D eigenvalue weighted by molar-refractivity contribution is 5.94. The standard InChI is InChI=1S/C17H16N6O2/c24-16(12-4-5-15(19-11-12)23-10-2-7-20-23)22-9-1-3-14(22)13-6-8-18-17(25)21-13/h2,4-8,10-11,14H,1,3,9H2,(H,18,21,25). The van der Waals surface area contributed by atoms with E-state index in [2.05, 4.69) is 20.1 Å². The topological polar surface area (TPSA) is 96.8 Å². The molecule has 0 bridgehead atoms. The Kier molecular flexibility index (Phi) is 3.85. The zero-order chi connectivity index (χ0) is 17.2. The first-order valence-electron chi connectivity index (χ1n) is 8.04. The first-order valence-corrected chi connectivity index (χ1v) is 8.04. The van der Waals surface area contributed by atoms with E-state index in [9.17, 15) is 9.59 Å². The molecule has 0 aromatic carbocycles. The third-order valence-electron chi connectivity index (χ3n) is 4.30. The fourth-order valence-corrected chi connectivity index (χ4v) is 3.13. The minimum atomic E-state index is -0.401. The van der Waals surface area contributed by atoms with Crippen molar-refractivity contribution in [3.8, 4) is 5.82 Å². The summed E-state index contributed by atoms with van der Waals surface area (Å²) < 4.78 is 1.63. The molecule has 0 aliphatic carbocycles. The monoisotopic (exact) mass is 336 g/mol. The molecule has 3 aromatic rings. The molecule has 0 saturated carbocycles. The van der Waals surface area contributed by atoms with E-state index < -0.39 is 5.69 Å². The fraction of sp³-hybridized carbons (Fsp3) is 0.235. The zero-order valence-electron chi connectivity index (χ0n) is 13.4. The van der Waals surface area contributed by atoms with Crippen molar-refractivity contribution in [3.05, 3.63) is 70.8 Å². The highest BCUT2D eigenvalue weighted by atomic mass is 16.2. The molecule has 0 spiro atoms. The van der Waals surface area contributed by atoms with E-state index in [1.54, 1.807) is 46.4 Å². The van der Waals surface area contributed by atoms with Gasteiger partial charge in [-0.1, -0.05) is 0 Å². The molecule has 3 aromatic heterocycles. The summed E-state index contributed by atoms with van der Waals surface area (Å²) in [5, 5.41) is 4.12. The molecule has 1 amide bonds. The molecule has 4 rings (SSSR count). The van der Waals surface area contributed by atoms with Gasteiger partial charge >= 0.3 is 5.69 Å². The summed E-state index contributed by atoms with van der Waals surface area (Å²) in [6.07, 6.45) is 8.19. The number of amides is 1. The lowest BCUT2D eigenvalue weighted by Gasteiger charge is -2.24. The van der Waals surface area contributed by atoms with E-state index in [-0.39, 0.29) is 11.9 Å². The van der Waals surface area contributed by atoms with Crippen LogP contribution in [0, 0.1) is 0 Å². The molecule has 1 aliphatic heterocycles. The van der Waals surface area contributed by atoms with Crippen LogP contribution in [0.4, 0.5) is 0 Å². The van der Waals surface area contributed by atoms with Crippen LogP contribution in [0.5, 0.6) is 0 Å². The molecule has 8 heteroatoms. The van der Waals surface area contributed by atoms with Crippen molar-refractivity contribution in [2.45, 2.75) is 18.9 Å². The van der Waals surface area contributed by atoms with Gasteiger partial charge in [0.15, 0.2) is 5.82 Å². The first kappa shape index (κ1) is 15.3. The van der Waals surface area contributed by atoms with Crippen LogP contribution in [0.25, 0.3) is 5.82 Å². The van der Waals surface area contributed by atoms with Crippen molar-refractivity contribution in [3.63, 3.8) is 0 Å². The van der Waals surface area contributed by atoms with E-state index in [1.807, 2.05) is 6.07 Å². The summed E-state index contributed by atoms with van der Waals surface area (Å²) in [6.45, 7) is 0.648. The van der Waals surface area contributed by atoms with E-state index in [1.165, 1.54) is 6.20 Å². The van der Waals surface area contributed by atoms with Crippen LogP contribution in [0.1, 0.15) is 34.9 Å². The van der Waals surface area contributed by atoms with E-state index in [4.69, 9.17) is 0 Å². The van der Waals surface area contributed by atoms with Gasteiger partial charge in [-0.05, 0) is 37.1 Å². The number of nitrogens with zero attached hydrogens (tertiary/aromatic N) is 5. The largest absolute Gasteiger partial charge is 0.345 e. The van der Waals surface area contributed by atoms with Gasteiger partial charge in [-0.2, -0.15) is 5.10 Å². The minimum absolute atomic E-state index is 0.0975. The number of rotatable bonds is 3. The maximum Gasteiger partial charge on any atom is 0.345 e. The third kappa shape index (κ3) is 2.93. The summed E-state index contributed by atoms with van der Waals surface area (Å²) in [5.74, 6) is 0.553. The molecule has 126 valence electrons. The van der Waals surface area contributed by atoms with Gasteiger partial charge in [0, 0.05) is 37.0 Å². The second kappa shape index (κ2) is 6.31. The van der Waals surface area contributed by atoms with Crippen LogP contribution in [0.3, 0.4) is 0 Å². The first-order chi connectivity index (χ1) is 12.2. The number of pyridine rings is 1. The van der Waals surface area contributed by atoms with Crippen LogP contribution in [-0.2, 0) is 0 Å². The van der Waals surface area contributed by atoms with Crippen molar-refractivity contribution >= 4 is 5.91 Å². The Morgan fingerprint density at radius 2 is 2.12 bits per heavy atom. The molecule has 1 saturated heterocycles. The number of nitrogens with one attached hydrogen (secondary N) is 1. The highest BCUT2D eigenvalue weighted by Gasteiger charge is 2.31. The Morgan fingerprint density at radius 1 is 1.20 bits per heavy atom. The number of likely N-dealkylation sites (tertiary alicyclic amines) is 1. The average molecular weight is 336 g/mol. The Morgan fingerprint density at radius 3 is 2.84 bits per heavy atom. The smallest absolute Gasteiger partial charge is 0.330 e. The molecule has 0 radical (unpaired) electrons. The van der Waals surface area contributed by atoms with Gasteiger partial charge < -0.3 is 9.88 Å². The lowest BCUT2D eigenvalue weighted by molar-refractivity contribution is 0.0732. The zero-order valence-corrected chi connectivity index (χ0v) is 13.4. The maximum absolute atomic E-state index is 12.9. The lowest BCUT2D eigenvalue weighted by atomic mass is 10.1. The third-order valence-corrected chi connectivity index (χ3v) is 4.30. The van der Waals surface area contributed by atoms with Gasteiger partial charge in [0.1, 0.15) is 0 Å². The number of carbonyl (C=O) groups excluding carboxylic acids is 1. The molecule has 1 unspecified atom stereocenters. The molecular formula is C17H16N6O2. The Labute approximate surface area is 143 Å². The van der Waals surface area contributed by atoms with Crippen LogP contribution < -0.4 is 5.69 Å². The van der Waals surface area contributed by atoms with Crippen LogP contribution in [-0.4, -0.2) is 42.1 Å². The van der Waals surface area contributed by atoms with Crippen LogP contribution in [0.15, 0.2) is 53.8 Å². The van der Waals surface area contributed by atoms with Gasteiger partial charge in [-0.3, -0.25) is 4.79 Å². The molecule has 1 atom stereocenters. The Balaban J connectivity index is 1.58. The number of aromatic nitrogens is 5. The maximum atomic E-state index is 12.9. The number of carbonyl (C=O) groups is 1. The predicted octanol–water partition coefficient (Wildman–Crippen LogP) is 1.33. The highest BCUT2D eigenvalue weighted by Crippen LogP contribution is 2.31. The number of aromatic amines is 1. The number of hydrogen-bond donors (Lipinski definition) is 1. The fourth-order valence-electron chi connectivity index (χ4n) is 3.13. The normalized spacial score (nSPS) is 17.0. The number of H-pyrrole nitrogens is 1. The Bertz CT molecular complexity index is 932. The molecule has 8 nitrogen and oxygen atoms in total. The van der Waals surface area contributed by atoms with E-state index in [0.717, 1.165) is 12.8 Å². The predicted molar refractivity (Wildman–Crippen MR) is 89.2 cm³/mol. The van der Waals surface area contributed by atoms with Gasteiger partial charge in [0.25, 0.3) is 5.91 Å². The van der Waals surface area contributed by atoms with Crippen molar-refractivity contribution in [1.29, 1.82) is 0 Å². The van der Waals surface area contributed by atoms with E-state index >= 15 is 0 Å². The van der Waals surface area contributed by atoms with Crippen LogP contribution >= 0.6 is 0 Å². The van der Waals surface area contributed by atoms with Crippen LogP contribution in [0.2, 0.25) is 0 Å². The quantitative estimate of drug-likeness (QED) is 0.778. The van der Waals surface area contributed by atoms with Crippen molar-refractivity contribution < 1.29 is 4.79 Å². The second-order valence-corrected chi connectivity index (χ2v) is 5.84. The minimum Gasteiger partial charge on any atom is -0.330 e. The van der Waals surface area contributed by atoms with Gasteiger partial charge in [-0.25, -0.2) is 19.4 Å². The molecule has 4 heterocycles. The van der Waals surface area contributed by atoms with Gasteiger partial charge in [-0.15, -0.1) is 0 Å². The number of hydrogen-bond acceptors (Lipinski definition) is 5. The summed E-state index contributed by atoms with van der Waals surface area (Å²) in [6, 6.07) is 6.92. The lowest BCUT2D eigenvalue weighted by Crippen LogP contribution is -2.32. The second-order valence-electron chi connectivity index (χ2n) is 5.84. The SMILES string of the molecule is O=C(c1ccc(-n2cccn2)nc1)N1CCCC1c1ccnc(=O)[nH]1. The van der Waals surface area contributed by atoms with Crippen molar-refractivity contribution in [2.75, 3.05) is 6.54 Å². The summed E-state index contributed by atoms with van der Waals surface area (Å²) in [5.41, 5.74) is 0.827. The van der Waals surface area contributed by atoms with Gasteiger partial charge in [0.05, 0.1) is 11.6 Å². The molecule has 1 fully saturated rings.